The number of amides is 2. The van der Waals surface area contributed by atoms with Crippen molar-refractivity contribution in [1.82, 2.24) is 5.32 Å². The molecule has 120 valence electrons. The van der Waals surface area contributed by atoms with Gasteiger partial charge in [0.2, 0.25) is 0 Å². The highest BCUT2D eigenvalue weighted by molar-refractivity contribution is 6.71. The normalized spacial score (nSPS) is 11.6. The summed E-state index contributed by atoms with van der Waals surface area (Å²) < 4.78 is 5.06. The zero-order valence-electron chi connectivity index (χ0n) is 13.4. The summed E-state index contributed by atoms with van der Waals surface area (Å²) in [7, 11) is 1.58. The number of nitrogens with one attached hydrogen (secondary N) is 2. The van der Waals surface area contributed by atoms with Crippen LogP contribution >= 0.6 is 0 Å². The van der Waals surface area contributed by atoms with Gasteiger partial charge in [0.25, 0.3) is 0 Å². The molecule has 23 heavy (non-hydrogen) atoms. The fourth-order valence-corrected chi connectivity index (χ4v) is 1.72. The van der Waals surface area contributed by atoms with Crippen molar-refractivity contribution in [1.29, 1.82) is 10.7 Å². The molecule has 0 saturated carbocycles. The highest BCUT2D eigenvalue weighted by atomic mass is 16.5. The summed E-state index contributed by atoms with van der Waals surface area (Å²) in [6, 6.07) is 8.38. The number of hydrogen-bond acceptors (Lipinski definition) is 5. The number of methoxy groups -OCH3 is 1. The van der Waals surface area contributed by atoms with Crippen LogP contribution in [0.25, 0.3) is 0 Å². The third-order valence-electron chi connectivity index (χ3n) is 2.82. The fourth-order valence-electron chi connectivity index (χ4n) is 1.72. The molecule has 0 bridgehead atoms. The maximum atomic E-state index is 11.8. The van der Waals surface area contributed by atoms with Crippen molar-refractivity contribution >= 4 is 23.2 Å². The topological polar surface area (TPSA) is 111 Å². The average Bonchev–Trinajstić information content (AvgIpc) is 2.56. The van der Waals surface area contributed by atoms with Gasteiger partial charge in [-0.1, -0.05) is 12.1 Å². The van der Waals surface area contributed by atoms with Crippen LogP contribution in [0.5, 0.6) is 5.75 Å². The van der Waals surface area contributed by atoms with E-state index in [0.717, 1.165) is 11.3 Å². The van der Waals surface area contributed by atoms with Crippen molar-refractivity contribution in [3.63, 3.8) is 0 Å². The first-order valence-electron chi connectivity index (χ1n) is 7.01. The second-order valence-electron chi connectivity index (χ2n) is 4.53. The number of carbonyl (C=O) groups excluding carboxylic acids is 1. The van der Waals surface area contributed by atoms with Crippen LogP contribution in [-0.4, -0.2) is 36.8 Å². The van der Waals surface area contributed by atoms with E-state index < -0.39 is 6.03 Å². The quantitative estimate of drug-likeness (QED) is 0.786. The van der Waals surface area contributed by atoms with Crippen LogP contribution in [0.4, 0.5) is 4.79 Å². The Labute approximate surface area is 135 Å². The molecule has 0 saturated heterocycles. The highest BCUT2D eigenvalue weighted by Crippen LogP contribution is 2.10. The fraction of sp³-hybridized carbons (Fsp3) is 0.312. The molecule has 2 amide bonds. The summed E-state index contributed by atoms with van der Waals surface area (Å²) in [5.41, 5.74) is 0.940. The zero-order valence-corrected chi connectivity index (χ0v) is 13.4. The van der Waals surface area contributed by atoms with Crippen LogP contribution in [0.1, 0.15) is 19.4 Å². The predicted molar refractivity (Wildman–Crippen MR) is 89.7 cm³/mol. The second kappa shape index (κ2) is 9.10. The van der Waals surface area contributed by atoms with Gasteiger partial charge < -0.3 is 15.5 Å². The van der Waals surface area contributed by atoms with Gasteiger partial charge in [-0.2, -0.15) is 10.3 Å². The molecule has 2 N–H and O–H groups in total. The second-order valence-corrected chi connectivity index (χ2v) is 4.53. The van der Waals surface area contributed by atoms with E-state index >= 15 is 0 Å². The lowest BCUT2D eigenvalue weighted by atomic mass is 10.1. The Morgan fingerprint density at radius 3 is 2.52 bits per heavy atom. The molecule has 7 nitrogen and oxygen atoms in total. The summed E-state index contributed by atoms with van der Waals surface area (Å²) in [5.74, 6) is 0.728. The van der Waals surface area contributed by atoms with Crippen LogP contribution in [0.2, 0.25) is 0 Å². The molecule has 0 unspecified atom stereocenters. The van der Waals surface area contributed by atoms with Gasteiger partial charge in [-0.05, 0) is 31.5 Å². The molecule has 0 aliphatic heterocycles. The molecule has 0 spiro atoms. The van der Waals surface area contributed by atoms with E-state index in [1.807, 2.05) is 18.2 Å². The Morgan fingerprint density at radius 2 is 2.04 bits per heavy atom. The molecular formula is C16H19N5O2. The van der Waals surface area contributed by atoms with Crippen molar-refractivity contribution in [3.8, 4) is 11.8 Å². The third-order valence-corrected chi connectivity index (χ3v) is 2.82. The lowest BCUT2D eigenvalue weighted by Gasteiger charge is -2.05. The predicted octanol–water partition coefficient (Wildman–Crippen LogP) is 2.37. The number of aliphatic imine (C=N–C) groups is 2. The lowest BCUT2D eigenvalue weighted by molar-refractivity contribution is 0.249. The van der Waals surface area contributed by atoms with E-state index in [9.17, 15) is 4.79 Å². The zero-order chi connectivity index (χ0) is 17.2. The van der Waals surface area contributed by atoms with E-state index in [-0.39, 0.29) is 23.7 Å². The number of hydrogen-bond donors (Lipinski definition) is 2. The Balaban J connectivity index is 2.77. The Kier molecular flexibility index (Phi) is 7.14. The molecule has 1 rings (SSSR count). The van der Waals surface area contributed by atoms with Crippen molar-refractivity contribution in [2.45, 2.75) is 20.4 Å². The Morgan fingerprint density at radius 1 is 1.39 bits per heavy atom. The maximum absolute atomic E-state index is 11.8. The molecule has 1 aromatic rings. The number of rotatable bonds is 6. The van der Waals surface area contributed by atoms with Crippen molar-refractivity contribution in [3.05, 3.63) is 29.8 Å². The minimum Gasteiger partial charge on any atom is -0.497 e. The summed E-state index contributed by atoms with van der Waals surface area (Å²) in [6.07, 6.45) is 0. The number of nitriles is 1. The number of ether oxygens (including phenoxy) is 1. The van der Waals surface area contributed by atoms with Gasteiger partial charge in [0.1, 0.15) is 17.5 Å². The molecule has 0 aromatic heterocycles. The minimum absolute atomic E-state index is 0.0927. The number of benzene rings is 1. The van der Waals surface area contributed by atoms with Gasteiger partial charge in [0.05, 0.1) is 12.8 Å². The molecule has 0 aliphatic rings. The summed E-state index contributed by atoms with van der Waals surface area (Å²) in [4.78, 5) is 19.6. The first-order chi connectivity index (χ1) is 11.0. The van der Waals surface area contributed by atoms with Gasteiger partial charge in [0, 0.05) is 13.1 Å². The van der Waals surface area contributed by atoms with Gasteiger partial charge >= 0.3 is 6.03 Å². The van der Waals surface area contributed by atoms with E-state index in [0.29, 0.717) is 6.54 Å². The standard InChI is InChI=1S/C16H19N5O2/c1-4-19-15(11(2)18)14(9-17)21-16(22)20-10-12-5-7-13(23-3)8-6-12/h5-8,18H,4,10H2,1-3H3,(H,20,22). The molecule has 0 fully saturated rings. The molecule has 0 atom stereocenters. The van der Waals surface area contributed by atoms with Crippen molar-refractivity contribution < 1.29 is 9.53 Å². The summed E-state index contributed by atoms with van der Waals surface area (Å²) >= 11 is 0. The molecule has 1 aromatic carbocycles. The van der Waals surface area contributed by atoms with E-state index in [2.05, 4.69) is 15.3 Å². The minimum atomic E-state index is -0.651. The van der Waals surface area contributed by atoms with Gasteiger partial charge in [0.15, 0.2) is 5.71 Å². The monoisotopic (exact) mass is 313 g/mol. The SMILES string of the molecule is CCN=C(C(C)=N)C(C#N)=NC(=O)NCc1ccc(OC)cc1. The number of nitrogens with zero attached hydrogens (tertiary/aromatic N) is 3. The smallest absolute Gasteiger partial charge is 0.342 e. The largest absolute Gasteiger partial charge is 0.497 e. The third kappa shape index (κ3) is 5.71. The summed E-state index contributed by atoms with van der Waals surface area (Å²) in [5, 5.41) is 19.3. The van der Waals surface area contributed by atoms with Gasteiger partial charge in [-0.15, -0.1) is 0 Å². The first kappa shape index (κ1) is 18.0. The van der Waals surface area contributed by atoms with Crippen molar-refractivity contribution in [2.75, 3.05) is 13.7 Å². The molecule has 0 heterocycles. The van der Waals surface area contributed by atoms with E-state index in [1.54, 1.807) is 26.2 Å². The maximum Gasteiger partial charge on any atom is 0.342 e. The van der Waals surface area contributed by atoms with Crippen LogP contribution in [0.3, 0.4) is 0 Å². The average molecular weight is 313 g/mol. The highest BCUT2D eigenvalue weighted by Gasteiger charge is 2.12. The van der Waals surface area contributed by atoms with Crippen LogP contribution in [0.15, 0.2) is 34.3 Å². The van der Waals surface area contributed by atoms with Crippen LogP contribution < -0.4 is 10.1 Å². The molecule has 0 radical (unpaired) electrons. The number of urea groups is 1. The van der Waals surface area contributed by atoms with Crippen molar-refractivity contribution in [2.24, 2.45) is 9.98 Å². The van der Waals surface area contributed by atoms with Gasteiger partial charge in [-0.25, -0.2) is 4.79 Å². The Hall–Kier alpha value is -3.01. The summed E-state index contributed by atoms with van der Waals surface area (Å²) in [6.45, 7) is 3.95. The molecular weight excluding hydrogens is 294 g/mol. The number of carbonyl (C=O) groups is 1. The lowest BCUT2D eigenvalue weighted by Crippen LogP contribution is -2.26. The molecule has 7 heteroatoms. The van der Waals surface area contributed by atoms with Crippen LogP contribution in [-0.2, 0) is 6.54 Å². The first-order valence-corrected chi connectivity index (χ1v) is 7.01. The molecule has 0 aliphatic carbocycles. The van der Waals surface area contributed by atoms with Crippen LogP contribution in [0, 0.1) is 16.7 Å². The van der Waals surface area contributed by atoms with Gasteiger partial charge in [-0.3, -0.25) is 4.99 Å². The Bertz CT molecular complexity index is 669. The van der Waals surface area contributed by atoms with E-state index in [1.165, 1.54) is 6.92 Å². The van der Waals surface area contributed by atoms with E-state index in [4.69, 9.17) is 15.4 Å².